The number of halogens is 2. The number of benzene rings is 2. The zero-order chi connectivity index (χ0) is 20.8. The molecule has 2 aromatic heterocycles. The third kappa shape index (κ3) is 3.21. The molecule has 6 nitrogen and oxygen atoms in total. The maximum Gasteiger partial charge on any atom is 0.266 e. The normalized spacial score (nSPS) is 11.9. The van der Waals surface area contributed by atoms with Crippen LogP contribution in [-0.2, 0) is 10.0 Å². The third-order valence-electron chi connectivity index (χ3n) is 4.48. The first kappa shape index (κ1) is 19.9. The molecule has 0 amide bonds. The highest BCUT2D eigenvalue weighted by Gasteiger charge is 2.31. The van der Waals surface area contributed by atoms with E-state index in [0.29, 0.717) is 10.1 Å². The Hall–Kier alpha value is -2.43. The first-order chi connectivity index (χ1) is 13.9. The summed E-state index contributed by atoms with van der Waals surface area (Å²) in [5, 5.41) is 13.2. The average molecular weight is 497 g/mol. The number of anilines is 1. The fraction of sp³-hybridized carbons (Fsp3) is 0.105. The number of phenols is 1. The number of H-pyrrole nitrogens is 1. The number of alkyl halides is 1. The van der Waals surface area contributed by atoms with E-state index in [9.17, 15) is 22.7 Å². The van der Waals surface area contributed by atoms with E-state index in [1.54, 1.807) is 29.6 Å². The Morgan fingerprint density at radius 1 is 1.21 bits per heavy atom. The number of aromatic nitrogens is 1. The van der Waals surface area contributed by atoms with E-state index < -0.39 is 27.1 Å². The highest BCUT2D eigenvalue weighted by molar-refractivity contribution is 9.09. The van der Waals surface area contributed by atoms with E-state index in [0.717, 1.165) is 10.4 Å². The third-order valence-corrected chi connectivity index (χ3v) is 7.57. The van der Waals surface area contributed by atoms with Crippen molar-refractivity contribution in [3.05, 3.63) is 64.0 Å². The number of aromatic amines is 1. The molecule has 2 N–H and O–H groups in total. The van der Waals surface area contributed by atoms with Gasteiger partial charge in [0.2, 0.25) is 0 Å². The van der Waals surface area contributed by atoms with E-state index in [4.69, 9.17) is 0 Å². The molecule has 2 aromatic carbocycles. The van der Waals surface area contributed by atoms with Crippen molar-refractivity contribution >= 4 is 64.0 Å². The van der Waals surface area contributed by atoms with Gasteiger partial charge in [-0.15, -0.1) is 11.3 Å². The average Bonchev–Trinajstić information content (AvgIpc) is 3.19. The predicted octanol–water partition coefficient (Wildman–Crippen LogP) is 4.18. The van der Waals surface area contributed by atoms with Crippen molar-refractivity contribution in [1.29, 1.82) is 0 Å². The molecule has 0 saturated heterocycles. The highest BCUT2D eigenvalue weighted by Crippen LogP contribution is 2.43. The van der Waals surface area contributed by atoms with Crippen LogP contribution in [0.15, 0.2) is 57.5 Å². The van der Waals surface area contributed by atoms with Crippen LogP contribution in [0.5, 0.6) is 5.75 Å². The Morgan fingerprint density at radius 2 is 1.93 bits per heavy atom. The zero-order valence-electron chi connectivity index (χ0n) is 14.7. The number of thiophene rings is 1. The van der Waals surface area contributed by atoms with Crippen molar-refractivity contribution < 1.29 is 17.9 Å². The second-order valence-electron chi connectivity index (χ2n) is 6.17. The molecule has 0 unspecified atom stereocenters. The van der Waals surface area contributed by atoms with E-state index in [1.807, 2.05) is 0 Å². The van der Waals surface area contributed by atoms with Crippen molar-refractivity contribution in [1.82, 2.24) is 4.98 Å². The molecule has 0 fully saturated rings. The Labute approximate surface area is 177 Å². The van der Waals surface area contributed by atoms with Crippen LogP contribution < -0.4 is 9.86 Å². The topological polar surface area (TPSA) is 90.5 Å². The number of fused-ring (bicyclic) bond motifs is 3. The van der Waals surface area contributed by atoms with Gasteiger partial charge in [0, 0.05) is 28.7 Å². The standard InChI is InChI=1S/C19H14BrFN2O4S2/c20-7-8-23(29(26,27)11-4-2-1-3-5-11)16-15-12-6-9-28-18(12)19(25)22-14(15)10-13(21)17(16)24/h1-6,9-10,24H,7-8H2,(H,22,25). The minimum Gasteiger partial charge on any atom is -0.503 e. The lowest BCUT2D eigenvalue weighted by atomic mass is 10.1. The SMILES string of the molecule is O=c1[nH]c2cc(F)c(O)c(N(CCBr)S(=O)(=O)c3ccccc3)c2c2ccsc12. The maximum atomic E-state index is 14.6. The van der Waals surface area contributed by atoms with Gasteiger partial charge in [-0.05, 0) is 23.6 Å². The Kier molecular flexibility index (Phi) is 5.09. The van der Waals surface area contributed by atoms with Crippen LogP contribution in [0.4, 0.5) is 10.1 Å². The van der Waals surface area contributed by atoms with Gasteiger partial charge in [-0.3, -0.25) is 9.10 Å². The van der Waals surface area contributed by atoms with Crippen molar-refractivity contribution in [3.8, 4) is 5.75 Å². The fourth-order valence-corrected chi connectivity index (χ4v) is 6.14. The van der Waals surface area contributed by atoms with Crippen LogP contribution in [0.3, 0.4) is 0 Å². The minimum absolute atomic E-state index is 0.00347. The maximum absolute atomic E-state index is 14.6. The minimum atomic E-state index is -4.12. The van der Waals surface area contributed by atoms with Gasteiger partial charge in [0.05, 0.1) is 10.4 Å². The van der Waals surface area contributed by atoms with Crippen molar-refractivity contribution in [2.24, 2.45) is 0 Å². The molecule has 0 aliphatic carbocycles. The van der Waals surface area contributed by atoms with Crippen molar-refractivity contribution in [3.63, 3.8) is 0 Å². The molecule has 0 aliphatic rings. The lowest BCUT2D eigenvalue weighted by Gasteiger charge is -2.26. The van der Waals surface area contributed by atoms with Crippen molar-refractivity contribution in [2.45, 2.75) is 4.90 Å². The first-order valence-corrected chi connectivity index (χ1v) is 11.9. The summed E-state index contributed by atoms with van der Waals surface area (Å²) in [6, 6.07) is 10.3. The largest absolute Gasteiger partial charge is 0.503 e. The highest BCUT2D eigenvalue weighted by atomic mass is 79.9. The number of rotatable bonds is 5. The van der Waals surface area contributed by atoms with Crippen LogP contribution >= 0.6 is 27.3 Å². The van der Waals surface area contributed by atoms with Crippen LogP contribution in [0.2, 0.25) is 0 Å². The summed E-state index contributed by atoms with van der Waals surface area (Å²) in [7, 11) is -4.12. The fourth-order valence-electron chi connectivity index (χ4n) is 3.25. The number of sulfonamides is 1. The Morgan fingerprint density at radius 3 is 2.62 bits per heavy atom. The summed E-state index contributed by atoms with van der Waals surface area (Å²) >= 11 is 4.42. The molecule has 29 heavy (non-hydrogen) atoms. The van der Waals surface area contributed by atoms with Gasteiger partial charge in [-0.1, -0.05) is 34.1 Å². The van der Waals surface area contributed by atoms with E-state index in [2.05, 4.69) is 20.9 Å². The van der Waals surface area contributed by atoms with E-state index in [-0.39, 0.29) is 33.4 Å². The summed E-state index contributed by atoms with van der Waals surface area (Å²) in [4.78, 5) is 14.9. The van der Waals surface area contributed by atoms with Crippen LogP contribution in [0.1, 0.15) is 0 Å². The molecular weight excluding hydrogens is 483 g/mol. The molecule has 0 bridgehead atoms. The molecule has 0 spiro atoms. The van der Waals surface area contributed by atoms with Crippen LogP contribution in [0, 0.1) is 5.82 Å². The predicted molar refractivity (Wildman–Crippen MR) is 116 cm³/mol. The summed E-state index contributed by atoms with van der Waals surface area (Å²) in [6.07, 6.45) is 0. The monoisotopic (exact) mass is 496 g/mol. The van der Waals surface area contributed by atoms with Gasteiger partial charge in [0.1, 0.15) is 10.4 Å². The molecule has 0 aliphatic heterocycles. The number of hydrogen-bond acceptors (Lipinski definition) is 5. The Bertz CT molecular complexity index is 1380. The number of pyridine rings is 1. The summed E-state index contributed by atoms with van der Waals surface area (Å²) in [5.41, 5.74) is -0.506. The van der Waals surface area contributed by atoms with Gasteiger partial charge in [0.15, 0.2) is 11.6 Å². The van der Waals surface area contributed by atoms with E-state index >= 15 is 0 Å². The summed E-state index contributed by atoms with van der Waals surface area (Å²) < 4.78 is 42.6. The van der Waals surface area contributed by atoms with Gasteiger partial charge < -0.3 is 10.1 Å². The summed E-state index contributed by atoms with van der Waals surface area (Å²) in [6.45, 7) is -0.0614. The van der Waals surface area contributed by atoms with Crippen LogP contribution in [0.25, 0.3) is 21.0 Å². The van der Waals surface area contributed by atoms with E-state index in [1.165, 1.54) is 23.5 Å². The Balaban J connectivity index is 2.13. The molecule has 150 valence electrons. The molecule has 0 atom stereocenters. The second kappa shape index (κ2) is 7.43. The van der Waals surface area contributed by atoms with Crippen LogP contribution in [-0.4, -0.2) is 30.4 Å². The van der Waals surface area contributed by atoms with Crippen molar-refractivity contribution in [2.75, 3.05) is 16.2 Å². The van der Waals surface area contributed by atoms with Gasteiger partial charge in [-0.2, -0.15) is 0 Å². The molecular formula is C19H14BrFN2O4S2. The van der Waals surface area contributed by atoms with Gasteiger partial charge in [-0.25, -0.2) is 12.8 Å². The number of nitrogens with zero attached hydrogens (tertiary/aromatic N) is 1. The number of aromatic hydroxyl groups is 1. The second-order valence-corrected chi connectivity index (χ2v) is 9.75. The lowest BCUT2D eigenvalue weighted by Crippen LogP contribution is -2.33. The summed E-state index contributed by atoms with van der Waals surface area (Å²) in [5.74, 6) is -1.82. The molecule has 0 saturated carbocycles. The molecule has 0 radical (unpaired) electrons. The first-order valence-electron chi connectivity index (χ1n) is 8.44. The molecule has 4 rings (SSSR count). The quantitative estimate of drug-likeness (QED) is 0.405. The number of phenolic OH excluding ortho intramolecular Hbond substituents is 1. The number of nitrogens with one attached hydrogen (secondary N) is 1. The zero-order valence-corrected chi connectivity index (χ0v) is 17.9. The molecule has 2 heterocycles. The smallest absolute Gasteiger partial charge is 0.266 e. The molecule has 10 heteroatoms. The number of hydrogen-bond donors (Lipinski definition) is 2. The van der Waals surface area contributed by atoms with Gasteiger partial charge >= 0.3 is 0 Å². The van der Waals surface area contributed by atoms with Gasteiger partial charge in [0.25, 0.3) is 15.6 Å². The molecule has 4 aromatic rings. The lowest BCUT2D eigenvalue weighted by molar-refractivity contribution is 0.434.